The second-order valence-electron chi connectivity index (χ2n) is 11.6. The number of nitrogens with two attached hydrogens (primary N) is 1. The predicted molar refractivity (Wildman–Crippen MR) is 135 cm³/mol. The highest BCUT2D eigenvalue weighted by Gasteiger charge is 2.67. The third-order valence-corrected chi connectivity index (χ3v) is 8.21. The molecule has 13 heteroatoms. The third kappa shape index (κ3) is 3.53. The van der Waals surface area contributed by atoms with Crippen molar-refractivity contribution in [3.8, 4) is 5.75 Å². The van der Waals surface area contributed by atoms with Gasteiger partial charge in [-0.15, -0.1) is 0 Å². The standard InChI is InChI=1S/C26H31N3O10/c1-8-11-10(29(38)39)7-9(25(2,3)4)18(30)13(11)19(31)14-12(8)20(32)16-17(28(5)6)21(33)15(24(27)36)23(35)26(16,37)22(14)34/h7-8,12,16-17,20,30,32-34,37H,1-6H3,(H2,27,36)/t8-,12+,16+,17-,20-,26-/m0/s1. The quantitative estimate of drug-likeness (QED) is 0.177. The van der Waals surface area contributed by atoms with Crippen LogP contribution in [-0.4, -0.2) is 84.7 Å². The van der Waals surface area contributed by atoms with Crippen molar-refractivity contribution in [3.05, 3.63) is 55.5 Å². The maximum atomic E-state index is 13.9. The van der Waals surface area contributed by atoms with Gasteiger partial charge in [-0.2, -0.15) is 0 Å². The third-order valence-electron chi connectivity index (χ3n) is 8.21. The smallest absolute Gasteiger partial charge is 0.274 e. The van der Waals surface area contributed by atoms with Crippen molar-refractivity contribution in [2.45, 2.75) is 56.8 Å². The number of carbonyl (C=O) groups is 3. The van der Waals surface area contributed by atoms with Gasteiger partial charge in [0.2, 0.25) is 5.78 Å². The number of nitrogens with zero attached hydrogens (tertiary/aromatic N) is 2. The summed E-state index contributed by atoms with van der Waals surface area (Å²) in [5, 5.41) is 68.9. The lowest BCUT2D eigenvalue weighted by Gasteiger charge is -2.53. The number of carbonyl (C=O) groups excluding carboxylic acids is 3. The van der Waals surface area contributed by atoms with Crippen LogP contribution in [0.3, 0.4) is 0 Å². The summed E-state index contributed by atoms with van der Waals surface area (Å²) in [6.07, 6.45) is -1.84. The molecule has 210 valence electrons. The Labute approximate surface area is 223 Å². The van der Waals surface area contributed by atoms with Gasteiger partial charge >= 0.3 is 0 Å². The molecule has 0 radical (unpaired) electrons. The Morgan fingerprint density at radius 2 is 1.74 bits per heavy atom. The number of rotatable bonds is 3. The number of Topliss-reactive ketones (excluding diaryl/α,β-unsaturated/α-hetero) is 2. The number of likely N-dealkylation sites (N-methyl/N-ethyl adjacent to an activating group) is 1. The highest BCUT2D eigenvalue weighted by atomic mass is 16.6. The molecule has 0 heterocycles. The first-order valence-corrected chi connectivity index (χ1v) is 12.2. The van der Waals surface area contributed by atoms with Crippen molar-refractivity contribution < 1.29 is 44.8 Å². The SMILES string of the molecule is C[C@H]1c2c([N+](=O)[O-])cc(C(C)(C)C)c(O)c2C(=O)C2=C(O)[C@]3(O)C(=O)C(C(N)=O)=C(O)[C@@H](N(C)C)[C@@H]3[C@@H](O)[C@@H]21. The lowest BCUT2D eigenvalue weighted by molar-refractivity contribution is -0.386. The zero-order valence-electron chi connectivity index (χ0n) is 22.2. The van der Waals surface area contributed by atoms with Crippen molar-refractivity contribution in [2.75, 3.05) is 14.1 Å². The van der Waals surface area contributed by atoms with Crippen LogP contribution in [0, 0.1) is 22.0 Å². The molecule has 0 aromatic heterocycles. The molecule has 7 N–H and O–H groups in total. The largest absolute Gasteiger partial charge is 0.510 e. The molecule has 3 aliphatic carbocycles. The van der Waals surface area contributed by atoms with Gasteiger partial charge in [-0.05, 0) is 25.4 Å². The minimum atomic E-state index is -3.06. The summed E-state index contributed by atoms with van der Waals surface area (Å²) in [4.78, 5) is 52.2. The van der Waals surface area contributed by atoms with E-state index in [1.54, 1.807) is 20.8 Å². The average molecular weight is 546 g/mol. The van der Waals surface area contributed by atoms with Gasteiger partial charge in [-0.1, -0.05) is 27.7 Å². The highest BCUT2D eigenvalue weighted by molar-refractivity contribution is 6.25. The van der Waals surface area contributed by atoms with Crippen LogP contribution in [0.15, 0.2) is 28.7 Å². The normalized spacial score (nSPS) is 30.7. The molecule has 0 aliphatic heterocycles. The van der Waals surface area contributed by atoms with Gasteiger partial charge in [-0.25, -0.2) is 0 Å². The van der Waals surface area contributed by atoms with E-state index in [0.717, 1.165) is 0 Å². The maximum Gasteiger partial charge on any atom is 0.274 e. The molecule has 1 aromatic rings. The molecule has 4 rings (SSSR count). The lowest BCUT2D eigenvalue weighted by atomic mass is 9.55. The van der Waals surface area contributed by atoms with Gasteiger partial charge in [0.1, 0.15) is 22.8 Å². The highest BCUT2D eigenvalue weighted by Crippen LogP contribution is 2.57. The number of aromatic hydroxyl groups is 1. The molecule has 0 fully saturated rings. The molecule has 0 spiro atoms. The number of primary amides is 1. The van der Waals surface area contributed by atoms with Crippen LogP contribution in [0.1, 0.15) is 55.1 Å². The average Bonchev–Trinajstić information content (AvgIpc) is 2.79. The topological polar surface area (TPSA) is 225 Å². The van der Waals surface area contributed by atoms with Crippen molar-refractivity contribution in [3.63, 3.8) is 0 Å². The molecule has 1 amide bonds. The summed E-state index contributed by atoms with van der Waals surface area (Å²) < 4.78 is 0. The summed E-state index contributed by atoms with van der Waals surface area (Å²) in [6.45, 7) is 6.44. The van der Waals surface area contributed by atoms with Gasteiger partial charge in [0.25, 0.3) is 11.6 Å². The molecular weight excluding hydrogens is 514 g/mol. The van der Waals surface area contributed by atoms with E-state index in [0.29, 0.717) is 0 Å². The zero-order valence-corrected chi connectivity index (χ0v) is 22.2. The Morgan fingerprint density at radius 3 is 2.21 bits per heavy atom. The fourth-order valence-electron chi connectivity index (χ4n) is 6.47. The van der Waals surface area contributed by atoms with Crippen molar-refractivity contribution >= 4 is 23.2 Å². The van der Waals surface area contributed by atoms with Gasteiger partial charge in [0.15, 0.2) is 11.4 Å². The molecule has 3 aliphatic rings. The number of hydrogen-bond donors (Lipinski definition) is 6. The number of phenols is 1. The van der Waals surface area contributed by atoms with Crippen molar-refractivity contribution in [1.29, 1.82) is 0 Å². The van der Waals surface area contributed by atoms with Crippen LogP contribution in [0.2, 0.25) is 0 Å². The number of nitro benzene ring substituents is 1. The molecule has 0 bridgehead atoms. The van der Waals surface area contributed by atoms with Crippen LogP contribution >= 0.6 is 0 Å². The molecular formula is C26H31N3O10. The van der Waals surface area contributed by atoms with E-state index in [9.17, 15) is 50.0 Å². The molecule has 0 saturated heterocycles. The molecule has 0 unspecified atom stereocenters. The van der Waals surface area contributed by atoms with Crippen LogP contribution < -0.4 is 5.73 Å². The summed E-state index contributed by atoms with van der Waals surface area (Å²) >= 11 is 0. The van der Waals surface area contributed by atoms with E-state index in [2.05, 4.69) is 0 Å². The minimum Gasteiger partial charge on any atom is -0.510 e. The number of benzene rings is 1. The Kier molecular flexibility index (Phi) is 6.22. The summed E-state index contributed by atoms with van der Waals surface area (Å²) in [5.41, 5.74) is -1.32. The number of amides is 1. The first kappa shape index (κ1) is 28.2. The summed E-state index contributed by atoms with van der Waals surface area (Å²) in [6, 6.07) is -0.261. The Hall–Kier alpha value is -3.81. The number of phenolic OH excluding ortho intramolecular Hbond substituents is 1. The number of nitro groups is 1. The molecule has 39 heavy (non-hydrogen) atoms. The number of aliphatic hydroxyl groups is 4. The fourth-order valence-corrected chi connectivity index (χ4v) is 6.47. The Morgan fingerprint density at radius 1 is 1.18 bits per heavy atom. The van der Waals surface area contributed by atoms with Crippen LogP contribution in [-0.2, 0) is 15.0 Å². The first-order valence-electron chi connectivity index (χ1n) is 12.2. The maximum absolute atomic E-state index is 13.9. The second-order valence-corrected chi connectivity index (χ2v) is 11.6. The van der Waals surface area contributed by atoms with E-state index >= 15 is 0 Å². The van der Waals surface area contributed by atoms with E-state index in [1.807, 2.05) is 0 Å². The predicted octanol–water partition coefficient (Wildman–Crippen LogP) is 0.858. The van der Waals surface area contributed by atoms with Crippen molar-refractivity contribution in [1.82, 2.24) is 4.90 Å². The Balaban J connectivity index is 2.12. The zero-order chi connectivity index (χ0) is 29.7. The van der Waals surface area contributed by atoms with Crippen LogP contribution in [0.5, 0.6) is 5.75 Å². The molecule has 6 atom stereocenters. The lowest BCUT2D eigenvalue weighted by Crippen LogP contribution is -2.68. The molecule has 13 nitrogen and oxygen atoms in total. The number of ketones is 2. The van der Waals surface area contributed by atoms with Gasteiger partial charge in [0.05, 0.1) is 28.6 Å². The van der Waals surface area contributed by atoms with Crippen molar-refractivity contribution in [2.24, 2.45) is 17.6 Å². The monoisotopic (exact) mass is 545 g/mol. The second kappa shape index (κ2) is 8.60. The van der Waals surface area contributed by atoms with E-state index < -0.39 is 103 Å². The van der Waals surface area contributed by atoms with Gasteiger partial charge in [-0.3, -0.25) is 29.4 Å². The minimum absolute atomic E-state index is 0.0743. The van der Waals surface area contributed by atoms with Crippen LogP contribution in [0.25, 0.3) is 0 Å². The number of hydrogen-bond acceptors (Lipinski definition) is 11. The van der Waals surface area contributed by atoms with E-state index in [-0.39, 0.29) is 11.1 Å². The molecule has 0 saturated carbocycles. The van der Waals surface area contributed by atoms with Gasteiger partial charge < -0.3 is 31.3 Å². The number of aliphatic hydroxyl groups excluding tert-OH is 3. The molecule has 1 aromatic carbocycles. The van der Waals surface area contributed by atoms with Crippen LogP contribution in [0.4, 0.5) is 5.69 Å². The number of fused-ring (bicyclic) bond motifs is 3. The summed E-state index contributed by atoms with van der Waals surface area (Å²) in [5.74, 6) is -10.8. The fraction of sp³-hybridized carbons (Fsp3) is 0.500. The van der Waals surface area contributed by atoms with E-state index in [4.69, 9.17) is 5.73 Å². The Bertz CT molecular complexity index is 1420. The summed E-state index contributed by atoms with van der Waals surface area (Å²) in [7, 11) is 2.83. The van der Waals surface area contributed by atoms with E-state index in [1.165, 1.54) is 32.0 Å². The first-order chi connectivity index (χ1) is 17.8. The van der Waals surface area contributed by atoms with Gasteiger partial charge in [0, 0.05) is 28.7 Å².